The van der Waals surface area contributed by atoms with E-state index in [1.165, 1.54) is 12.1 Å². The molecule has 0 aliphatic heterocycles. The number of hydrogen-bond donors (Lipinski definition) is 1. The van der Waals surface area contributed by atoms with Gasteiger partial charge in [0.25, 0.3) is 0 Å². The molecule has 0 radical (unpaired) electrons. The molecule has 1 aromatic carbocycles. The molecule has 0 saturated heterocycles. The Kier molecular flexibility index (Phi) is 2.70. The second-order valence-electron chi connectivity index (χ2n) is 4.04. The van der Waals surface area contributed by atoms with Crippen molar-refractivity contribution in [1.29, 1.82) is 0 Å². The van der Waals surface area contributed by atoms with E-state index in [-0.39, 0.29) is 11.5 Å². The van der Waals surface area contributed by atoms with Crippen LogP contribution in [0.5, 0.6) is 0 Å². The van der Waals surface area contributed by atoms with Crippen molar-refractivity contribution < 1.29 is 21.6 Å². The topological polar surface area (TPSA) is 60.2 Å². The fourth-order valence-electron chi connectivity index (χ4n) is 1.81. The van der Waals surface area contributed by atoms with E-state index in [1.807, 2.05) is 0 Å². The Balaban J connectivity index is 2.72. The number of hydrogen-bond acceptors (Lipinski definition) is 2. The highest BCUT2D eigenvalue weighted by atomic mass is 32.2. The fourth-order valence-corrected chi connectivity index (χ4v) is 2.86. The van der Waals surface area contributed by atoms with Gasteiger partial charge in [0.2, 0.25) is 10.0 Å². The summed E-state index contributed by atoms with van der Waals surface area (Å²) in [5, 5.41) is 4.89. The van der Waals surface area contributed by atoms with E-state index >= 15 is 0 Å². The molecule has 0 spiro atoms. The molecule has 1 aromatic rings. The maximum atomic E-state index is 12.7. The second kappa shape index (κ2) is 3.71. The molecule has 17 heavy (non-hydrogen) atoms. The fraction of sp³-hybridized carbons (Fsp3) is 0.400. The number of sulfonamides is 1. The predicted octanol–water partition coefficient (Wildman–Crippen LogP) is 2.23. The van der Waals surface area contributed by atoms with Gasteiger partial charge in [0, 0.05) is 0 Å². The van der Waals surface area contributed by atoms with Gasteiger partial charge in [0.15, 0.2) is 0 Å². The van der Waals surface area contributed by atoms with Crippen molar-refractivity contribution in [1.82, 2.24) is 0 Å². The van der Waals surface area contributed by atoms with E-state index in [0.717, 1.165) is 6.07 Å². The predicted molar refractivity (Wildman–Crippen MR) is 54.8 cm³/mol. The van der Waals surface area contributed by atoms with Gasteiger partial charge >= 0.3 is 6.18 Å². The van der Waals surface area contributed by atoms with Crippen LogP contribution in [0, 0.1) is 0 Å². The summed E-state index contributed by atoms with van der Waals surface area (Å²) in [6, 6.07) is 3.35. The first kappa shape index (κ1) is 12.4. The van der Waals surface area contributed by atoms with Crippen molar-refractivity contribution in [3.8, 4) is 0 Å². The molecule has 0 atom stereocenters. The standard InChI is InChI=1S/C10H10F3NO2S/c11-10(12,13)8-3-1-2-7(6-4-5-6)9(8)17(14,15)16/h1-3,6H,4-5H2,(H2,14,15,16). The molecular weight excluding hydrogens is 255 g/mol. The second-order valence-corrected chi connectivity index (χ2v) is 5.54. The summed E-state index contributed by atoms with van der Waals surface area (Å²) < 4.78 is 60.8. The summed E-state index contributed by atoms with van der Waals surface area (Å²) in [5.74, 6) is -0.120. The third-order valence-electron chi connectivity index (χ3n) is 2.65. The van der Waals surface area contributed by atoms with Crippen molar-refractivity contribution >= 4 is 10.0 Å². The minimum atomic E-state index is -4.72. The number of halogens is 3. The maximum Gasteiger partial charge on any atom is 0.417 e. The Morgan fingerprint density at radius 3 is 2.24 bits per heavy atom. The summed E-state index contributed by atoms with van der Waals surface area (Å²) in [5.41, 5.74) is -0.994. The van der Waals surface area contributed by atoms with E-state index in [0.29, 0.717) is 12.8 Å². The highest BCUT2D eigenvalue weighted by molar-refractivity contribution is 7.89. The van der Waals surface area contributed by atoms with Crippen molar-refractivity contribution in [2.24, 2.45) is 5.14 Å². The molecule has 0 bridgehead atoms. The number of alkyl halides is 3. The summed E-state index contributed by atoms with van der Waals surface area (Å²) in [6.07, 6.45) is -3.32. The Labute approximate surface area is 96.5 Å². The van der Waals surface area contributed by atoms with Gasteiger partial charge in [-0.1, -0.05) is 12.1 Å². The van der Waals surface area contributed by atoms with Crippen LogP contribution >= 0.6 is 0 Å². The molecule has 7 heteroatoms. The molecule has 0 amide bonds. The third kappa shape index (κ3) is 2.44. The van der Waals surface area contributed by atoms with E-state index in [4.69, 9.17) is 5.14 Å². The quantitative estimate of drug-likeness (QED) is 0.891. The largest absolute Gasteiger partial charge is 0.417 e. The van der Waals surface area contributed by atoms with Crippen LogP contribution < -0.4 is 5.14 Å². The van der Waals surface area contributed by atoms with E-state index < -0.39 is 26.7 Å². The van der Waals surface area contributed by atoms with Gasteiger partial charge in [0.1, 0.15) is 0 Å². The molecular formula is C10H10F3NO2S. The van der Waals surface area contributed by atoms with Gasteiger partial charge in [-0.05, 0) is 30.4 Å². The van der Waals surface area contributed by atoms with Crippen LogP contribution in [0.25, 0.3) is 0 Å². The average Bonchev–Trinajstić information content (AvgIpc) is 2.96. The molecule has 0 heterocycles. The van der Waals surface area contributed by atoms with Crippen LogP contribution in [0.1, 0.15) is 29.9 Å². The van der Waals surface area contributed by atoms with Gasteiger partial charge in [-0.3, -0.25) is 0 Å². The molecule has 1 aliphatic carbocycles. The van der Waals surface area contributed by atoms with E-state index in [9.17, 15) is 21.6 Å². The summed E-state index contributed by atoms with van der Waals surface area (Å²) in [6.45, 7) is 0. The number of primary sulfonamides is 1. The van der Waals surface area contributed by atoms with Crippen LogP contribution in [0.2, 0.25) is 0 Å². The zero-order valence-electron chi connectivity index (χ0n) is 8.66. The molecule has 94 valence electrons. The lowest BCUT2D eigenvalue weighted by Crippen LogP contribution is -2.20. The lowest BCUT2D eigenvalue weighted by Gasteiger charge is -2.14. The van der Waals surface area contributed by atoms with Crippen molar-refractivity contribution in [3.05, 3.63) is 29.3 Å². The Morgan fingerprint density at radius 1 is 1.24 bits per heavy atom. The molecule has 0 aromatic heterocycles. The molecule has 2 N–H and O–H groups in total. The van der Waals surface area contributed by atoms with E-state index in [1.54, 1.807) is 0 Å². The zero-order chi connectivity index (χ0) is 12.8. The van der Waals surface area contributed by atoms with Gasteiger partial charge in [-0.15, -0.1) is 0 Å². The van der Waals surface area contributed by atoms with Gasteiger partial charge in [-0.25, -0.2) is 13.6 Å². The summed E-state index contributed by atoms with van der Waals surface area (Å²) >= 11 is 0. The highest BCUT2D eigenvalue weighted by Crippen LogP contribution is 2.45. The minimum Gasteiger partial charge on any atom is -0.225 e. The van der Waals surface area contributed by atoms with Crippen molar-refractivity contribution in [2.45, 2.75) is 29.8 Å². The lowest BCUT2D eigenvalue weighted by molar-refractivity contribution is -0.140. The zero-order valence-corrected chi connectivity index (χ0v) is 9.48. The van der Waals surface area contributed by atoms with Crippen molar-refractivity contribution in [2.75, 3.05) is 0 Å². The van der Waals surface area contributed by atoms with E-state index in [2.05, 4.69) is 0 Å². The Bertz CT molecular complexity index is 547. The Morgan fingerprint density at radius 2 is 1.82 bits per heavy atom. The average molecular weight is 265 g/mol. The van der Waals surface area contributed by atoms with Crippen molar-refractivity contribution in [3.63, 3.8) is 0 Å². The smallest absolute Gasteiger partial charge is 0.225 e. The lowest BCUT2D eigenvalue weighted by atomic mass is 10.1. The summed E-state index contributed by atoms with van der Waals surface area (Å²) in [4.78, 5) is -0.769. The normalized spacial score (nSPS) is 17.2. The van der Waals surface area contributed by atoms with Gasteiger partial charge in [0.05, 0.1) is 10.5 Å². The van der Waals surface area contributed by atoms with Crippen LogP contribution in [-0.4, -0.2) is 8.42 Å². The molecule has 1 fully saturated rings. The molecule has 1 aliphatic rings. The van der Waals surface area contributed by atoms with Gasteiger partial charge in [-0.2, -0.15) is 13.2 Å². The SMILES string of the molecule is NS(=O)(=O)c1c(C2CC2)cccc1C(F)(F)F. The number of nitrogens with two attached hydrogens (primary N) is 1. The summed E-state index contributed by atoms with van der Waals surface area (Å²) in [7, 11) is -4.37. The van der Waals surface area contributed by atoms with Crippen LogP contribution in [-0.2, 0) is 16.2 Å². The first-order valence-electron chi connectivity index (χ1n) is 4.94. The Hall–Kier alpha value is -1.08. The first-order valence-corrected chi connectivity index (χ1v) is 6.49. The van der Waals surface area contributed by atoms with Crippen LogP contribution in [0.4, 0.5) is 13.2 Å². The first-order chi connectivity index (χ1) is 7.71. The monoisotopic (exact) mass is 265 g/mol. The highest BCUT2D eigenvalue weighted by Gasteiger charge is 2.40. The van der Waals surface area contributed by atoms with Gasteiger partial charge < -0.3 is 0 Å². The number of benzene rings is 1. The molecule has 3 nitrogen and oxygen atoms in total. The number of rotatable bonds is 2. The third-order valence-corrected chi connectivity index (χ3v) is 3.68. The molecule has 2 rings (SSSR count). The maximum absolute atomic E-state index is 12.7. The van der Waals surface area contributed by atoms with Crippen LogP contribution in [0.15, 0.2) is 23.1 Å². The molecule has 0 unspecified atom stereocenters. The van der Waals surface area contributed by atoms with Crippen LogP contribution in [0.3, 0.4) is 0 Å². The minimum absolute atomic E-state index is 0.120. The molecule has 1 saturated carbocycles.